The van der Waals surface area contributed by atoms with Crippen LogP contribution in [0.5, 0.6) is 0 Å². The summed E-state index contributed by atoms with van der Waals surface area (Å²) in [6.45, 7) is 22.3. The second-order valence-corrected chi connectivity index (χ2v) is 10.2. The molecule has 3 N–H and O–H groups in total. The van der Waals surface area contributed by atoms with Crippen molar-refractivity contribution < 1.29 is 24.3 Å². The molecule has 2 atom stereocenters. The zero-order chi connectivity index (χ0) is 35.0. The van der Waals surface area contributed by atoms with Gasteiger partial charge in [0, 0.05) is 49.5 Å². The molecule has 0 radical (unpaired) electrons. The zero-order valence-corrected chi connectivity index (χ0v) is 28.8. The van der Waals surface area contributed by atoms with Gasteiger partial charge in [-0.05, 0) is 67.5 Å². The van der Waals surface area contributed by atoms with Gasteiger partial charge in [-0.1, -0.05) is 70.5 Å². The number of nitrogens with two attached hydrogens (primary N) is 1. The Morgan fingerprint density at radius 1 is 1.14 bits per heavy atom. The molecule has 0 saturated carbocycles. The zero-order valence-electron chi connectivity index (χ0n) is 28.0. The SMILES string of the molecule is C=C(N)c1cc(Cl)c(CC(C(=O)O)N(C=O)CCC(C)CC)cc1/C=C\C.C=O.C=O.CC.Cc1cnc(N(C)C)c(C)c1. The molecule has 0 aliphatic heterocycles. The predicted octanol–water partition coefficient (Wildman–Crippen LogP) is 6.61. The number of nitrogens with zero attached hydrogens (tertiary/aromatic N) is 3. The number of halogens is 1. The number of carboxylic acids is 1. The number of aromatic nitrogens is 1. The van der Waals surface area contributed by atoms with Crippen molar-refractivity contribution in [2.45, 2.75) is 73.8 Å². The fourth-order valence-corrected chi connectivity index (χ4v) is 4.22. The predicted molar refractivity (Wildman–Crippen MR) is 185 cm³/mol. The summed E-state index contributed by atoms with van der Waals surface area (Å²) in [5, 5.41) is 10.1. The Kier molecular flexibility index (Phi) is 25.8. The van der Waals surface area contributed by atoms with Crippen LogP contribution in [0.3, 0.4) is 0 Å². The van der Waals surface area contributed by atoms with Crippen LogP contribution in [0.4, 0.5) is 5.82 Å². The fourth-order valence-electron chi connectivity index (χ4n) is 3.98. The highest BCUT2D eigenvalue weighted by Gasteiger charge is 2.26. The van der Waals surface area contributed by atoms with Crippen molar-refractivity contribution in [1.29, 1.82) is 0 Å². The third-order valence-electron chi connectivity index (χ3n) is 6.33. The average Bonchev–Trinajstić information content (AvgIpc) is 3.00. The molecule has 44 heavy (non-hydrogen) atoms. The molecular formula is C34H53ClN4O5. The lowest BCUT2D eigenvalue weighted by Crippen LogP contribution is -2.43. The quantitative estimate of drug-likeness (QED) is 0.250. The van der Waals surface area contributed by atoms with Gasteiger partial charge in [-0.15, -0.1) is 0 Å². The summed E-state index contributed by atoms with van der Waals surface area (Å²) in [5.74, 6) is 0.416. The minimum absolute atomic E-state index is 0.120. The second kappa shape index (κ2) is 25.5. The normalized spacial score (nSPS) is 11.0. The van der Waals surface area contributed by atoms with E-state index < -0.39 is 12.0 Å². The molecule has 0 aliphatic carbocycles. The molecule has 0 fully saturated rings. The first-order valence-electron chi connectivity index (χ1n) is 14.4. The average molecular weight is 633 g/mol. The van der Waals surface area contributed by atoms with Gasteiger partial charge in [0.25, 0.3) is 0 Å². The number of carbonyl (C=O) groups is 4. The minimum Gasteiger partial charge on any atom is -0.480 e. The van der Waals surface area contributed by atoms with Crippen LogP contribution < -0.4 is 10.6 Å². The topological polar surface area (TPSA) is 134 Å². The summed E-state index contributed by atoms with van der Waals surface area (Å²) in [5.41, 5.74) is 10.8. The number of amides is 1. The maximum atomic E-state index is 11.8. The van der Waals surface area contributed by atoms with Crippen molar-refractivity contribution in [3.05, 3.63) is 69.9 Å². The van der Waals surface area contributed by atoms with E-state index in [9.17, 15) is 14.7 Å². The Labute approximate surface area is 269 Å². The molecule has 2 rings (SSSR count). The van der Waals surface area contributed by atoms with Gasteiger partial charge in [0.05, 0.1) is 0 Å². The molecule has 0 spiro atoms. The number of hydrogen-bond acceptors (Lipinski definition) is 7. The molecule has 1 aromatic carbocycles. The van der Waals surface area contributed by atoms with Gasteiger partial charge in [-0.25, -0.2) is 9.78 Å². The Hall–Kier alpha value is -3.98. The molecule has 0 bridgehead atoms. The lowest BCUT2D eigenvalue weighted by Gasteiger charge is -2.26. The third-order valence-corrected chi connectivity index (χ3v) is 6.68. The summed E-state index contributed by atoms with van der Waals surface area (Å²) >= 11 is 6.37. The summed E-state index contributed by atoms with van der Waals surface area (Å²) in [6, 6.07) is 4.66. The van der Waals surface area contributed by atoms with Crippen LogP contribution in [0.1, 0.15) is 75.3 Å². The standard InChI is InChI=1S/C21H29ClN2O3.C9H14N2.C2H6.2CH2O/c1-5-7-16-10-17(19(22)12-18(16)15(4)23)11-20(21(26)27)24(13-25)9-8-14(3)6-2;1-7-5-8(2)9(10-6-7)11(3)4;3*1-2/h5,7,10,12-14,20H,4,6,8-9,11,23H2,1-3H3,(H,26,27);5-6H,1-4H3;1-2H3;2*1H2/b7-5-;;;;. The highest BCUT2D eigenvalue weighted by atomic mass is 35.5. The molecule has 246 valence electrons. The van der Waals surface area contributed by atoms with Crippen LogP contribution in [-0.2, 0) is 25.6 Å². The van der Waals surface area contributed by atoms with Crippen molar-refractivity contribution >= 4 is 55.1 Å². The molecule has 9 nitrogen and oxygen atoms in total. The summed E-state index contributed by atoms with van der Waals surface area (Å²) in [4.78, 5) is 47.0. The summed E-state index contributed by atoms with van der Waals surface area (Å²) in [6.07, 6.45) is 8.08. The number of pyridine rings is 1. The molecule has 10 heteroatoms. The van der Waals surface area contributed by atoms with Gasteiger partial charge in [0.15, 0.2) is 0 Å². The molecule has 2 aromatic rings. The molecule has 1 aromatic heterocycles. The minimum atomic E-state index is -1.05. The maximum Gasteiger partial charge on any atom is 0.326 e. The largest absolute Gasteiger partial charge is 0.480 e. The van der Waals surface area contributed by atoms with Crippen LogP contribution in [0.25, 0.3) is 11.8 Å². The van der Waals surface area contributed by atoms with Crippen molar-refractivity contribution in [1.82, 2.24) is 9.88 Å². The van der Waals surface area contributed by atoms with E-state index in [0.29, 0.717) is 40.7 Å². The molecule has 1 amide bonds. The number of aliphatic carboxylic acids is 1. The van der Waals surface area contributed by atoms with E-state index >= 15 is 0 Å². The Bertz CT molecular complexity index is 1170. The van der Waals surface area contributed by atoms with Crippen LogP contribution in [0.2, 0.25) is 5.02 Å². The Morgan fingerprint density at radius 2 is 1.70 bits per heavy atom. The van der Waals surface area contributed by atoms with E-state index in [0.717, 1.165) is 24.2 Å². The van der Waals surface area contributed by atoms with Crippen molar-refractivity contribution in [3.63, 3.8) is 0 Å². The lowest BCUT2D eigenvalue weighted by molar-refractivity contribution is -0.146. The van der Waals surface area contributed by atoms with Crippen molar-refractivity contribution in [2.75, 3.05) is 25.5 Å². The third kappa shape index (κ3) is 16.0. The molecule has 0 saturated heterocycles. The van der Waals surface area contributed by atoms with Gasteiger partial charge in [0.2, 0.25) is 6.41 Å². The highest BCUT2D eigenvalue weighted by molar-refractivity contribution is 6.31. The number of carboxylic acid groups (broad SMARTS) is 1. The van der Waals surface area contributed by atoms with Crippen LogP contribution in [0, 0.1) is 19.8 Å². The summed E-state index contributed by atoms with van der Waals surface area (Å²) in [7, 11) is 4.01. The first kappa shape index (κ1) is 44.5. The van der Waals surface area contributed by atoms with Crippen molar-refractivity contribution in [3.8, 4) is 0 Å². The monoisotopic (exact) mass is 632 g/mol. The Morgan fingerprint density at radius 3 is 2.11 bits per heavy atom. The van der Waals surface area contributed by atoms with E-state index in [4.69, 9.17) is 26.9 Å². The van der Waals surface area contributed by atoms with Gasteiger partial charge in [0.1, 0.15) is 25.4 Å². The van der Waals surface area contributed by atoms with Gasteiger partial charge in [-0.2, -0.15) is 0 Å². The molecule has 2 unspecified atom stereocenters. The van der Waals surface area contributed by atoms with Crippen LogP contribution in [-0.4, -0.2) is 67.6 Å². The van der Waals surface area contributed by atoms with E-state index in [1.54, 1.807) is 6.07 Å². The summed E-state index contributed by atoms with van der Waals surface area (Å²) < 4.78 is 0. The van der Waals surface area contributed by atoms with Gasteiger partial charge < -0.3 is 30.2 Å². The van der Waals surface area contributed by atoms with Gasteiger partial charge >= 0.3 is 5.97 Å². The van der Waals surface area contributed by atoms with Crippen molar-refractivity contribution in [2.24, 2.45) is 11.7 Å². The molecule has 0 aliphatic rings. The smallest absolute Gasteiger partial charge is 0.326 e. The lowest BCUT2D eigenvalue weighted by atomic mass is 9.96. The van der Waals surface area contributed by atoms with Gasteiger partial charge in [-0.3, -0.25) is 4.79 Å². The van der Waals surface area contributed by atoms with E-state index in [1.807, 2.05) is 77.8 Å². The first-order chi connectivity index (χ1) is 20.9. The number of rotatable bonds is 12. The van der Waals surface area contributed by atoms with E-state index in [1.165, 1.54) is 16.0 Å². The number of benzene rings is 1. The number of carbonyl (C=O) groups excluding carboxylic acids is 3. The van der Waals surface area contributed by atoms with Crippen LogP contribution in [0.15, 0.2) is 37.1 Å². The highest BCUT2D eigenvalue weighted by Crippen LogP contribution is 2.27. The molecule has 1 heterocycles. The molecular weight excluding hydrogens is 580 g/mol. The number of anilines is 1. The second-order valence-electron chi connectivity index (χ2n) is 9.81. The Balaban J connectivity index is -0.000000817. The van der Waals surface area contributed by atoms with E-state index in [-0.39, 0.29) is 6.42 Å². The first-order valence-corrected chi connectivity index (χ1v) is 14.8. The number of hydrogen-bond donors (Lipinski definition) is 2. The number of aryl methyl sites for hydroxylation is 2. The maximum absolute atomic E-state index is 11.8. The van der Waals surface area contributed by atoms with E-state index in [2.05, 4.69) is 45.3 Å². The fraction of sp³-hybridized carbons (Fsp3) is 0.441. The number of allylic oxidation sites excluding steroid dienone is 1. The van der Waals surface area contributed by atoms with Crippen LogP contribution >= 0.6 is 11.6 Å².